The maximum Gasteiger partial charge on any atom is 0.142 e. The molecule has 2 aromatic rings. The highest BCUT2D eigenvalue weighted by atomic mass is 79.9. The summed E-state index contributed by atoms with van der Waals surface area (Å²) in [6.45, 7) is 2.05. The van der Waals surface area contributed by atoms with E-state index < -0.39 is 5.82 Å². The molecule has 6 heteroatoms. The SMILES string of the molecule is CCc1nn(C)c(CC(N)c2ccc(Cl)c(F)c2)c1Br. The number of hydrogen-bond acceptors (Lipinski definition) is 2. The van der Waals surface area contributed by atoms with Crippen LogP contribution >= 0.6 is 27.5 Å². The number of aromatic nitrogens is 2. The number of benzene rings is 1. The van der Waals surface area contributed by atoms with Crippen molar-refractivity contribution in [1.29, 1.82) is 0 Å². The van der Waals surface area contributed by atoms with E-state index in [0.29, 0.717) is 6.42 Å². The molecule has 0 bridgehead atoms. The highest BCUT2D eigenvalue weighted by Crippen LogP contribution is 2.27. The molecule has 0 amide bonds. The van der Waals surface area contributed by atoms with Crippen molar-refractivity contribution >= 4 is 27.5 Å². The second kappa shape index (κ2) is 6.24. The average Bonchev–Trinajstić information content (AvgIpc) is 2.69. The van der Waals surface area contributed by atoms with Crippen molar-refractivity contribution in [3.8, 4) is 0 Å². The molecule has 1 aromatic carbocycles. The molecule has 3 nitrogen and oxygen atoms in total. The van der Waals surface area contributed by atoms with Crippen molar-refractivity contribution in [3.63, 3.8) is 0 Å². The molecule has 0 saturated heterocycles. The molecule has 1 aromatic heterocycles. The van der Waals surface area contributed by atoms with Crippen LogP contribution in [0.15, 0.2) is 22.7 Å². The standard InChI is InChI=1S/C14H16BrClFN3/c1-3-12-14(15)13(20(2)19-12)7-11(18)8-4-5-9(16)10(17)6-8/h4-6,11H,3,7,18H2,1-2H3. The van der Waals surface area contributed by atoms with Crippen molar-refractivity contribution in [2.24, 2.45) is 12.8 Å². The Morgan fingerprint density at radius 3 is 2.75 bits per heavy atom. The molecule has 0 saturated carbocycles. The third-order valence-electron chi connectivity index (χ3n) is 3.29. The van der Waals surface area contributed by atoms with Gasteiger partial charge in [0.15, 0.2) is 0 Å². The highest BCUT2D eigenvalue weighted by molar-refractivity contribution is 9.10. The highest BCUT2D eigenvalue weighted by Gasteiger charge is 2.17. The van der Waals surface area contributed by atoms with E-state index in [1.165, 1.54) is 12.1 Å². The van der Waals surface area contributed by atoms with Crippen molar-refractivity contribution < 1.29 is 4.39 Å². The van der Waals surface area contributed by atoms with Crippen LogP contribution in [0.4, 0.5) is 4.39 Å². The van der Waals surface area contributed by atoms with Gasteiger partial charge in [-0.3, -0.25) is 4.68 Å². The van der Waals surface area contributed by atoms with E-state index >= 15 is 0 Å². The summed E-state index contributed by atoms with van der Waals surface area (Å²) >= 11 is 9.24. The predicted molar refractivity (Wildman–Crippen MR) is 82.3 cm³/mol. The fraction of sp³-hybridized carbons (Fsp3) is 0.357. The Morgan fingerprint density at radius 1 is 1.50 bits per heavy atom. The van der Waals surface area contributed by atoms with Gasteiger partial charge in [-0.1, -0.05) is 24.6 Å². The first-order valence-corrected chi connectivity index (χ1v) is 7.51. The van der Waals surface area contributed by atoms with Crippen LogP contribution in [0.2, 0.25) is 5.02 Å². The lowest BCUT2D eigenvalue weighted by atomic mass is 10.0. The summed E-state index contributed by atoms with van der Waals surface area (Å²) < 4.78 is 16.3. The molecule has 1 heterocycles. The first-order chi connectivity index (χ1) is 9.43. The van der Waals surface area contributed by atoms with Gasteiger partial charge in [0.1, 0.15) is 5.82 Å². The Labute approximate surface area is 131 Å². The van der Waals surface area contributed by atoms with Crippen LogP contribution < -0.4 is 5.73 Å². The minimum absolute atomic E-state index is 0.107. The molecule has 0 fully saturated rings. The number of halogens is 3. The van der Waals surface area contributed by atoms with Crippen molar-refractivity contribution in [1.82, 2.24) is 9.78 Å². The molecule has 0 radical (unpaired) electrons. The monoisotopic (exact) mass is 359 g/mol. The van der Waals surface area contributed by atoms with Crippen LogP contribution in [0.3, 0.4) is 0 Å². The van der Waals surface area contributed by atoms with E-state index in [2.05, 4.69) is 21.0 Å². The van der Waals surface area contributed by atoms with Crippen molar-refractivity contribution in [2.75, 3.05) is 0 Å². The molecule has 20 heavy (non-hydrogen) atoms. The zero-order chi connectivity index (χ0) is 14.9. The third-order valence-corrected chi connectivity index (χ3v) is 4.51. The number of rotatable bonds is 4. The summed E-state index contributed by atoms with van der Waals surface area (Å²) in [7, 11) is 1.88. The zero-order valence-corrected chi connectivity index (χ0v) is 13.7. The average molecular weight is 361 g/mol. The fourth-order valence-corrected chi connectivity index (χ4v) is 3.01. The van der Waals surface area contributed by atoms with Gasteiger partial charge in [0, 0.05) is 19.5 Å². The summed E-state index contributed by atoms with van der Waals surface area (Å²) in [5.74, 6) is -0.446. The molecule has 2 rings (SSSR count). The minimum Gasteiger partial charge on any atom is -0.324 e. The Bertz CT molecular complexity index is 627. The van der Waals surface area contributed by atoms with Gasteiger partial charge in [0.2, 0.25) is 0 Å². The van der Waals surface area contributed by atoms with E-state index in [1.807, 2.05) is 18.7 Å². The number of nitrogens with two attached hydrogens (primary N) is 1. The van der Waals surface area contributed by atoms with Crippen molar-refractivity contribution in [3.05, 3.63) is 50.5 Å². The third kappa shape index (κ3) is 3.05. The molecule has 1 unspecified atom stereocenters. The lowest BCUT2D eigenvalue weighted by molar-refractivity contribution is 0.609. The molecule has 0 spiro atoms. The lowest BCUT2D eigenvalue weighted by Crippen LogP contribution is -2.16. The predicted octanol–water partition coefficient (Wildman–Crippen LogP) is 3.78. The molecule has 0 aliphatic carbocycles. The van der Waals surface area contributed by atoms with Crippen LogP contribution in [0.25, 0.3) is 0 Å². The number of nitrogens with zero attached hydrogens (tertiary/aromatic N) is 2. The summed E-state index contributed by atoms with van der Waals surface area (Å²) in [4.78, 5) is 0. The van der Waals surface area contributed by atoms with E-state index in [-0.39, 0.29) is 11.1 Å². The Morgan fingerprint density at radius 2 is 2.20 bits per heavy atom. The minimum atomic E-state index is -0.446. The molecule has 0 aliphatic heterocycles. The Kier molecular flexibility index (Phi) is 4.83. The maximum atomic E-state index is 13.5. The van der Waals surface area contributed by atoms with Gasteiger partial charge >= 0.3 is 0 Å². The first kappa shape index (κ1) is 15.5. The molecule has 108 valence electrons. The molecular weight excluding hydrogens is 345 g/mol. The van der Waals surface area contributed by atoms with Crippen molar-refractivity contribution in [2.45, 2.75) is 25.8 Å². The van der Waals surface area contributed by atoms with Gasteiger partial charge in [-0.25, -0.2) is 4.39 Å². The normalized spacial score (nSPS) is 12.7. The topological polar surface area (TPSA) is 43.8 Å². The smallest absolute Gasteiger partial charge is 0.142 e. The summed E-state index contributed by atoms with van der Waals surface area (Å²) in [6.07, 6.45) is 1.42. The van der Waals surface area contributed by atoms with E-state index in [9.17, 15) is 4.39 Å². The quantitative estimate of drug-likeness (QED) is 0.902. The van der Waals surface area contributed by atoms with E-state index in [1.54, 1.807) is 6.07 Å². The van der Waals surface area contributed by atoms with Gasteiger partial charge in [0.25, 0.3) is 0 Å². The van der Waals surface area contributed by atoms with Crippen LogP contribution in [0, 0.1) is 5.82 Å². The molecule has 0 aliphatic rings. The zero-order valence-electron chi connectivity index (χ0n) is 11.3. The molecular formula is C14H16BrClFN3. The summed E-state index contributed by atoms with van der Waals surface area (Å²) in [5.41, 5.74) is 8.88. The summed E-state index contributed by atoms with van der Waals surface area (Å²) in [5, 5.41) is 4.53. The second-order valence-corrected chi connectivity index (χ2v) is 5.87. The summed E-state index contributed by atoms with van der Waals surface area (Å²) in [6, 6.07) is 4.36. The van der Waals surface area contributed by atoms with Crippen LogP contribution in [0.1, 0.15) is 29.9 Å². The molecule has 1 atom stereocenters. The van der Waals surface area contributed by atoms with Gasteiger partial charge in [-0.15, -0.1) is 0 Å². The maximum absolute atomic E-state index is 13.5. The van der Waals surface area contributed by atoms with E-state index in [4.69, 9.17) is 17.3 Å². The first-order valence-electron chi connectivity index (χ1n) is 6.34. The largest absolute Gasteiger partial charge is 0.324 e. The Hall–Kier alpha value is -0.910. The second-order valence-electron chi connectivity index (χ2n) is 4.67. The fourth-order valence-electron chi connectivity index (χ4n) is 2.11. The van der Waals surface area contributed by atoms with Crippen LogP contribution in [-0.2, 0) is 19.9 Å². The van der Waals surface area contributed by atoms with Gasteiger partial charge in [-0.2, -0.15) is 5.10 Å². The van der Waals surface area contributed by atoms with Crippen LogP contribution in [0.5, 0.6) is 0 Å². The van der Waals surface area contributed by atoms with Gasteiger partial charge in [-0.05, 0) is 40.0 Å². The lowest BCUT2D eigenvalue weighted by Gasteiger charge is -2.13. The number of hydrogen-bond donors (Lipinski definition) is 1. The van der Waals surface area contributed by atoms with Crippen LogP contribution in [-0.4, -0.2) is 9.78 Å². The number of aryl methyl sites for hydroxylation is 2. The van der Waals surface area contributed by atoms with E-state index in [0.717, 1.165) is 27.8 Å². The van der Waals surface area contributed by atoms with Gasteiger partial charge in [0.05, 0.1) is 20.9 Å². The Balaban J connectivity index is 2.25. The molecule has 2 N–H and O–H groups in total. The van der Waals surface area contributed by atoms with Gasteiger partial charge < -0.3 is 5.73 Å².